The monoisotopic (exact) mass is 286 g/mol. The molecule has 19 heavy (non-hydrogen) atoms. The van der Waals surface area contributed by atoms with Crippen LogP contribution in [0.1, 0.15) is 32.8 Å². The summed E-state index contributed by atoms with van der Waals surface area (Å²) in [6.45, 7) is 6.07. The molecule has 5 heteroatoms. The van der Waals surface area contributed by atoms with Gasteiger partial charge in [0.25, 0.3) is 0 Å². The molecule has 1 aromatic rings. The predicted molar refractivity (Wildman–Crippen MR) is 75.6 cm³/mol. The largest absolute Gasteiger partial charge is 0.354 e. The first-order valence-electron chi connectivity index (χ1n) is 6.35. The maximum Gasteiger partial charge on any atom is 0.221 e. The van der Waals surface area contributed by atoms with Gasteiger partial charge in [-0.25, -0.2) is 4.39 Å². The Balaban J connectivity index is 2.44. The smallest absolute Gasteiger partial charge is 0.221 e. The lowest BCUT2D eigenvalue weighted by molar-refractivity contribution is -0.122. The highest BCUT2D eigenvalue weighted by atomic mass is 35.5. The number of rotatable bonds is 6. The first-order chi connectivity index (χ1) is 8.90. The lowest BCUT2D eigenvalue weighted by Crippen LogP contribution is -2.36. The van der Waals surface area contributed by atoms with Gasteiger partial charge in [0.15, 0.2) is 0 Å². The van der Waals surface area contributed by atoms with Gasteiger partial charge in [-0.3, -0.25) is 4.79 Å². The zero-order valence-corrected chi connectivity index (χ0v) is 12.2. The van der Waals surface area contributed by atoms with Crippen molar-refractivity contribution < 1.29 is 9.18 Å². The van der Waals surface area contributed by atoms with Crippen LogP contribution in [0.4, 0.5) is 4.39 Å². The van der Waals surface area contributed by atoms with Gasteiger partial charge in [-0.15, -0.1) is 0 Å². The topological polar surface area (TPSA) is 41.1 Å². The Kier molecular flexibility index (Phi) is 6.25. The number of hydrogen-bond donors (Lipinski definition) is 2. The third kappa shape index (κ3) is 5.57. The molecular formula is C14H20ClFN2O. The van der Waals surface area contributed by atoms with E-state index in [2.05, 4.69) is 10.6 Å². The Bertz CT molecular complexity index is 437. The fourth-order valence-electron chi connectivity index (χ4n) is 1.70. The summed E-state index contributed by atoms with van der Waals surface area (Å²) in [6.07, 6.45) is 0.361. The molecule has 0 spiro atoms. The van der Waals surface area contributed by atoms with E-state index in [0.717, 1.165) is 0 Å². The highest BCUT2D eigenvalue weighted by Gasteiger charge is 2.11. The van der Waals surface area contributed by atoms with Crippen molar-refractivity contribution in [2.75, 3.05) is 0 Å². The molecule has 0 aromatic heterocycles. The Morgan fingerprint density at radius 1 is 1.37 bits per heavy atom. The number of halogens is 2. The molecule has 0 aliphatic rings. The van der Waals surface area contributed by atoms with Crippen molar-refractivity contribution in [3.05, 3.63) is 34.6 Å². The summed E-state index contributed by atoms with van der Waals surface area (Å²) in [5.41, 5.74) is 0.503. The summed E-state index contributed by atoms with van der Waals surface area (Å²) >= 11 is 5.70. The number of hydrogen-bond acceptors (Lipinski definition) is 2. The van der Waals surface area contributed by atoms with Crippen molar-refractivity contribution in [2.24, 2.45) is 0 Å². The molecule has 1 aromatic carbocycles. The molecule has 2 N–H and O–H groups in total. The fraction of sp³-hybridized carbons (Fsp3) is 0.500. The van der Waals surface area contributed by atoms with Gasteiger partial charge in [-0.05, 0) is 26.8 Å². The molecule has 0 saturated carbocycles. The van der Waals surface area contributed by atoms with Crippen LogP contribution in [-0.2, 0) is 11.3 Å². The zero-order chi connectivity index (χ0) is 14.4. The predicted octanol–water partition coefficient (Wildman–Crippen LogP) is 2.87. The van der Waals surface area contributed by atoms with Crippen LogP contribution >= 0.6 is 11.6 Å². The highest BCUT2D eigenvalue weighted by Crippen LogP contribution is 2.17. The van der Waals surface area contributed by atoms with Crippen LogP contribution in [0.3, 0.4) is 0 Å². The average Bonchev–Trinajstić information content (AvgIpc) is 2.30. The summed E-state index contributed by atoms with van der Waals surface area (Å²) in [5.74, 6) is -0.419. The Hall–Kier alpha value is -1.13. The second-order valence-corrected chi connectivity index (χ2v) is 5.33. The maximum absolute atomic E-state index is 13.6. The van der Waals surface area contributed by atoms with E-state index >= 15 is 0 Å². The van der Waals surface area contributed by atoms with Crippen LogP contribution < -0.4 is 10.6 Å². The van der Waals surface area contributed by atoms with Crippen molar-refractivity contribution in [3.8, 4) is 0 Å². The summed E-state index contributed by atoms with van der Waals surface area (Å²) in [6, 6.07) is 5.00. The number of carbonyl (C=O) groups is 1. The van der Waals surface area contributed by atoms with E-state index < -0.39 is 5.82 Å². The van der Waals surface area contributed by atoms with Crippen LogP contribution in [0, 0.1) is 5.82 Å². The normalized spacial score (nSPS) is 12.5. The molecule has 0 aliphatic carbocycles. The minimum Gasteiger partial charge on any atom is -0.354 e. The summed E-state index contributed by atoms with van der Waals surface area (Å²) in [5, 5.41) is 6.05. The second kappa shape index (κ2) is 7.46. The SMILES string of the molecule is CC(C)NC(=O)C[C@@H](C)NCc1cccc(Cl)c1F. The van der Waals surface area contributed by atoms with Crippen molar-refractivity contribution in [2.45, 2.75) is 45.8 Å². The Morgan fingerprint density at radius 2 is 2.05 bits per heavy atom. The van der Waals surface area contributed by atoms with Gasteiger partial charge in [0.05, 0.1) is 5.02 Å². The van der Waals surface area contributed by atoms with Gasteiger partial charge in [-0.2, -0.15) is 0 Å². The highest BCUT2D eigenvalue weighted by molar-refractivity contribution is 6.30. The van der Waals surface area contributed by atoms with Gasteiger partial charge in [-0.1, -0.05) is 23.7 Å². The van der Waals surface area contributed by atoms with E-state index in [1.54, 1.807) is 12.1 Å². The lowest BCUT2D eigenvalue weighted by Gasteiger charge is -2.15. The lowest BCUT2D eigenvalue weighted by atomic mass is 10.1. The number of benzene rings is 1. The third-order valence-electron chi connectivity index (χ3n) is 2.61. The average molecular weight is 287 g/mol. The molecule has 0 radical (unpaired) electrons. The van der Waals surface area contributed by atoms with Crippen LogP contribution in [-0.4, -0.2) is 18.0 Å². The minimum atomic E-state index is -0.407. The van der Waals surface area contributed by atoms with Gasteiger partial charge in [0, 0.05) is 30.6 Å². The van der Waals surface area contributed by atoms with Gasteiger partial charge >= 0.3 is 0 Å². The minimum absolute atomic E-state index is 0.0124. The molecule has 1 amide bonds. The number of nitrogens with one attached hydrogen (secondary N) is 2. The van der Waals surface area contributed by atoms with Crippen molar-refractivity contribution in [1.82, 2.24) is 10.6 Å². The molecule has 3 nitrogen and oxygen atoms in total. The van der Waals surface area contributed by atoms with Crippen molar-refractivity contribution in [3.63, 3.8) is 0 Å². The molecule has 0 fully saturated rings. The molecule has 0 unspecified atom stereocenters. The van der Waals surface area contributed by atoms with Gasteiger partial charge in [0.2, 0.25) is 5.91 Å². The quantitative estimate of drug-likeness (QED) is 0.844. The molecule has 0 saturated heterocycles. The van der Waals surface area contributed by atoms with Crippen molar-refractivity contribution in [1.29, 1.82) is 0 Å². The molecule has 0 bridgehead atoms. The molecule has 0 aliphatic heterocycles. The van der Waals surface area contributed by atoms with Crippen LogP contribution in [0.15, 0.2) is 18.2 Å². The summed E-state index contributed by atoms with van der Waals surface area (Å²) < 4.78 is 13.6. The van der Waals surface area contributed by atoms with Crippen LogP contribution in [0.25, 0.3) is 0 Å². The zero-order valence-electron chi connectivity index (χ0n) is 11.5. The van der Waals surface area contributed by atoms with E-state index in [0.29, 0.717) is 18.5 Å². The van der Waals surface area contributed by atoms with E-state index in [9.17, 15) is 9.18 Å². The molecule has 106 valence electrons. The molecule has 1 atom stereocenters. The van der Waals surface area contributed by atoms with Crippen LogP contribution in [0.5, 0.6) is 0 Å². The van der Waals surface area contributed by atoms with E-state index in [1.165, 1.54) is 6.07 Å². The number of carbonyl (C=O) groups excluding carboxylic acids is 1. The van der Waals surface area contributed by atoms with Gasteiger partial charge in [0.1, 0.15) is 5.82 Å². The third-order valence-corrected chi connectivity index (χ3v) is 2.91. The fourth-order valence-corrected chi connectivity index (χ4v) is 1.89. The first-order valence-corrected chi connectivity index (χ1v) is 6.73. The van der Waals surface area contributed by atoms with Gasteiger partial charge < -0.3 is 10.6 Å². The summed E-state index contributed by atoms with van der Waals surface area (Å²) in [7, 11) is 0. The standard InChI is InChI=1S/C14H20ClFN2O/c1-9(2)18-13(19)7-10(3)17-8-11-5-4-6-12(15)14(11)16/h4-6,9-10,17H,7-8H2,1-3H3,(H,18,19)/t10-/m1/s1. The maximum atomic E-state index is 13.6. The Morgan fingerprint density at radius 3 is 2.68 bits per heavy atom. The van der Waals surface area contributed by atoms with E-state index in [1.807, 2.05) is 20.8 Å². The van der Waals surface area contributed by atoms with E-state index in [-0.39, 0.29) is 23.0 Å². The first kappa shape index (κ1) is 15.9. The second-order valence-electron chi connectivity index (χ2n) is 4.92. The molecule has 0 heterocycles. The molecule has 1 rings (SSSR count). The summed E-state index contributed by atoms with van der Waals surface area (Å²) in [4.78, 5) is 11.5. The number of amides is 1. The van der Waals surface area contributed by atoms with E-state index in [4.69, 9.17) is 11.6 Å². The Labute approximate surface area is 118 Å². The van der Waals surface area contributed by atoms with Crippen molar-refractivity contribution >= 4 is 17.5 Å². The van der Waals surface area contributed by atoms with Crippen LogP contribution in [0.2, 0.25) is 5.02 Å². The molecular weight excluding hydrogens is 267 g/mol.